The van der Waals surface area contributed by atoms with Gasteiger partial charge < -0.3 is 16.2 Å². The molecule has 0 bridgehead atoms. The average molecular weight is 172 g/mol. The molecule has 4 N–H and O–H groups in total. The van der Waals surface area contributed by atoms with Crippen LogP contribution in [0.5, 0.6) is 0 Å². The van der Waals surface area contributed by atoms with Gasteiger partial charge in [-0.15, -0.1) is 0 Å². The van der Waals surface area contributed by atoms with E-state index >= 15 is 0 Å². The third-order valence-electron chi connectivity index (χ3n) is 2.57. The lowest BCUT2D eigenvalue weighted by Crippen LogP contribution is -2.34. The number of aliphatic hydroxyl groups excluding tert-OH is 1. The highest BCUT2D eigenvalue weighted by Gasteiger charge is 2.33. The fraction of sp³-hybridized carbons (Fsp3) is 1.00. The van der Waals surface area contributed by atoms with Gasteiger partial charge in [-0.25, -0.2) is 0 Å². The number of hydrogen-bond donors (Lipinski definition) is 3. The highest BCUT2D eigenvalue weighted by molar-refractivity contribution is 4.90. The van der Waals surface area contributed by atoms with E-state index in [2.05, 4.69) is 19.2 Å². The summed E-state index contributed by atoms with van der Waals surface area (Å²) in [6.07, 6.45) is 0.801. The maximum Gasteiger partial charge on any atom is 0.0745 e. The second-order valence-electron chi connectivity index (χ2n) is 4.13. The minimum Gasteiger partial charge on any atom is -0.391 e. The van der Waals surface area contributed by atoms with E-state index in [9.17, 15) is 5.11 Å². The quantitative estimate of drug-likeness (QED) is 0.559. The molecule has 12 heavy (non-hydrogen) atoms. The van der Waals surface area contributed by atoms with Gasteiger partial charge in [0.05, 0.1) is 6.10 Å². The van der Waals surface area contributed by atoms with E-state index in [0.717, 1.165) is 13.0 Å². The van der Waals surface area contributed by atoms with Gasteiger partial charge in [0.2, 0.25) is 0 Å². The molecule has 0 saturated carbocycles. The molecule has 0 spiro atoms. The smallest absolute Gasteiger partial charge is 0.0745 e. The Labute approximate surface area is 74.3 Å². The summed E-state index contributed by atoms with van der Waals surface area (Å²) in [6, 6.07) is 0.263. The Morgan fingerprint density at radius 3 is 2.67 bits per heavy atom. The first kappa shape index (κ1) is 9.96. The van der Waals surface area contributed by atoms with Crippen molar-refractivity contribution in [3.05, 3.63) is 0 Å². The van der Waals surface area contributed by atoms with Gasteiger partial charge in [0, 0.05) is 18.5 Å². The summed E-state index contributed by atoms with van der Waals surface area (Å²) in [5.74, 6) is 0.891. The number of rotatable bonds is 3. The Hall–Kier alpha value is -0.120. The molecule has 0 aromatic rings. The lowest BCUT2D eigenvalue weighted by Gasteiger charge is -2.19. The number of nitrogens with one attached hydrogen (secondary N) is 1. The second kappa shape index (κ2) is 4.21. The molecule has 0 aromatic carbocycles. The van der Waals surface area contributed by atoms with Crippen LogP contribution in [-0.4, -0.2) is 30.3 Å². The maximum absolute atomic E-state index is 9.76. The molecule has 1 rings (SSSR count). The van der Waals surface area contributed by atoms with Crippen LogP contribution in [0.15, 0.2) is 0 Å². The number of hydrogen-bond acceptors (Lipinski definition) is 3. The van der Waals surface area contributed by atoms with Crippen molar-refractivity contribution in [2.24, 2.45) is 17.6 Å². The molecule has 72 valence electrons. The second-order valence-corrected chi connectivity index (χ2v) is 4.13. The average Bonchev–Trinajstić information content (AvgIpc) is 2.32. The molecule has 0 radical (unpaired) electrons. The fourth-order valence-electron chi connectivity index (χ4n) is 1.83. The zero-order chi connectivity index (χ0) is 9.14. The first-order valence-electron chi connectivity index (χ1n) is 4.76. The molecule has 3 atom stereocenters. The Morgan fingerprint density at radius 2 is 2.25 bits per heavy atom. The summed E-state index contributed by atoms with van der Waals surface area (Å²) in [4.78, 5) is 0. The predicted molar refractivity (Wildman–Crippen MR) is 49.8 cm³/mol. The van der Waals surface area contributed by atoms with Gasteiger partial charge in [0.1, 0.15) is 0 Å². The van der Waals surface area contributed by atoms with Crippen molar-refractivity contribution in [2.45, 2.75) is 32.4 Å². The summed E-state index contributed by atoms with van der Waals surface area (Å²) < 4.78 is 0. The number of aliphatic hydroxyl groups is 1. The molecule has 3 nitrogen and oxygen atoms in total. The van der Waals surface area contributed by atoms with Crippen molar-refractivity contribution in [1.29, 1.82) is 0 Å². The molecule has 0 aliphatic carbocycles. The topological polar surface area (TPSA) is 58.3 Å². The van der Waals surface area contributed by atoms with Crippen molar-refractivity contribution in [1.82, 2.24) is 5.32 Å². The van der Waals surface area contributed by atoms with E-state index in [1.807, 2.05) is 0 Å². The molecule has 1 saturated heterocycles. The minimum atomic E-state index is -0.239. The lowest BCUT2D eigenvalue weighted by atomic mass is 9.96. The third kappa shape index (κ3) is 2.19. The Bertz CT molecular complexity index is 138. The molecule has 1 fully saturated rings. The molecule has 1 aliphatic rings. The predicted octanol–water partition coefficient (Wildman–Crippen LogP) is -0.0599. The summed E-state index contributed by atoms with van der Waals surface area (Å²) in [7, 11) is 0. The normalized spacial score (nSPS) is 36.2. The zero-order valence-electron chi connectivity index (χ0n) is 7.96. The van der Waals surface area contributed by atoms with Crippen molar-refractivity contribution >= 4 is 0 Å². The highest BCUT2D eigenvalue weighted by atomic mass is 16.3. The first-order valence-corrected chi connectivity index (χ1v) is 4.76. The molecule has 0 aromatic heterocycles. The SMILES string of the molecule is CC(C)C[C@H]1NC[C@H](CN)[C@H]1O. The largest absolute Gasteiger partial charge is 0.391 e. The first-order chi connectivity index (χ1) is 5.65. The Morgan fingerprint density at radius 1 is 1.58 bits per heavy atom. The lowest BCUT2D eigenvalue weighted by molar-refractivity contribution is 0.112. The molecule has 1 aliphatic heterocycles. The van der Waals surface area contributed by atoms with Crippen LogP contribution < -0.4 is 11.1 Å². The van der Waals surface area contributed by atoms with Crippen molar-refractivity contribution in [3.63, 3.8) is 0 Å². The van der Waals surface area contributed by atoms with Crippen LogP contribution in [0.3, 0.4) is 0 Å². The van der Waals surface area contributed by atoms with Crippen LogP contribution in [0, 0.1) is 11.8 Å². The van der Waals surface area contributed by atoms with Crippen LogP contribution in [0.25, 0.3) is 0 Å². The van der Waals surface area contributed by atoms with E-state index in [4.69, 9.17) is 5.73 Å². The highest BCUT2D eigenvalue weighted by Crippen LogP contribution is 2.19. The van der Waals surface area contributed by atoms with Crippen molar-refractivity contribution < 1.29 is 5.11 Å². The molecular weight excluding hydrogens is 152 g/mol. The van der Waals surface area contributed by atoms with Gasteiger partial charge in [-0.2, -0.15) is 0 Å². The van der Waals surface area contributed by atoms with Crippen molar-refractivity contribution in [2.75, 3.05) is 13.1 Å². The molecular formula is C9H20N2O. The maximum atomic E-state index is 9.76. The molecule has 0 amide bonds. The van der Waals surface area contributed by atoms with Crippen LogP contribution in [-0.2, 0) is 0 Å². The minimum absolute atomic E-state index is 0.239. The van der Waals surface area contributed by atoms with E-state index in [1.54, 1.807) is 0 Å². The van der Waals surface area contributed by atoms with Crippen LogP contribution in [0.2, 0.25) is 0 Å². The van der Waals surface area contributed by atoms with Gasteiger partial charge >= 0.3 is 0 Å². The summed E-state index contributed by atoms with van der Waals surface area (Å²) >= 11 is 0. The van der Waals surface area contributed by atoms with Crippen molar-refractivity contribution in [3.8, 4) is 0 Å². The van der Waals surface area contributed by atoms with Crippen LogP contribution >= 0.6 is 0 Å². The van der Waals surface area contributed by atoms with E-state index in [1.165, 1.54) is 0 Å². The van der Waals surface area contributed by atoms with Gasteiger partial charge in [-0.05, 0) is 18.9 Å². The van der Waals surface area contributed by atoms with Crippen LogP contribution in [0.4, 0.5) is 0 Å². The van der Waals surface area contributed by atoms with Gasteiger partial charge in [0.15, 0.2) is 0 Å². The molecule has 0 unspecified atom stereocenters. The summed E-state index contributed by atoms with van der Waals surface area (Å²) in [6.45, 7) is 5.80. The molecule has 3 heteroatoms. The zero-order valence-corrected chi connectivity index (χ0v) is 7.96. The fourth-order valence-corrected chi connectivity index (χ4v) is 1.83. The third-order valence-corrected chi connectivity index (χ3v) is 2.57. The van der Waals surface area contributed by atoms with E-state index in [-0.39, 0.29) is 18.1 Å². The monoisotopic (exact) mass is 172 g/mol. The summed E-state index contributed by atoms with van der Waals surface area (Å²) in [5, 5.41) is 13.1. The standard InChI is InChI=1S/C9H20N2O/c1-6(2)3-8-9(12)7(4-10)5-11-8/h6-9,11-12H,3-5,10H2,1-2H3/t7-,8+,9+/m0/s1. The van der Waals surface area contributed by atoms with E-state index in [0.29, 0.717) is 12.5 Å². The number of nitrogens with two attached hydrogens (primary N) is 1. The molecule has 1 heterocycles. The van der Waals surface area contributed by atoms with Gasteiger partial charge in [-0.1, -0.05) is 13.8 Å². The van der Waals surface area contributed by atoms with Gasteiger partial charge in [0.25, 0.3) is 0 Å². The Kier molecular flexibility index (Phi) is 3.50. The summed E-state index contributed by atoms with van der Waals surface area (Å²) in [5.41, 5.74) is 5.52. The Balaban J connectivity index is 2.38. The van der Waals surface area contributed by atoms with E-state index < -0.39 is 0 Å². The van der Waals surface area contributed by atoms with Gasteiger partial charge in [-0.3, -0.25) is 0 Å². The van der Waals surface area contributed by atoms with Crippen LogP contribution in [0.1, 0.15) is 20.3 Å².